The monoisotopic (exact) mass is 336 g/mol. The molecule has 1 aliphatic carbocycles. The summed E-state index contributed by atoms with van der Waals surface area (Å²) >= 11 is 1.70. The molecule has 23 heavy (non-hydrogen) atoms. The van der Waals surface area contributed by atoms with Crippen LogP contribution in [-0.4, -0.2) is 54.1 Å². The average Bonchev–Trinajstić information content (AvgIpc) is 3.08. The summed E-state index contributed by atoms with van der Waals surface area (Å²) < 4.78 is 0. The second kappa shape index (κ2) is 8.11. The predicted molar refractivity (Wildman–Crippen MR) is 95.0 cm³/mol. The van der Waals surface area contributed by atoms with Crippen LogP contribution < -0.4 is 10.2 Å². The van der Waals surface area contributed by atoms with Crippen LogP contribution in [0.4, 0.5) is 5.13 Å². The van der Waals surface area contributed by atoms with Crippen molar-refractivity contribution >= 4 is 22.4 Å². The van der Waals surface area contributed by atoms with Crippen molar-refractivity contribution in [1.29, 1.82) is 0 Å². The van der Waals surface area contributed by atoms with Crippen LogP contribution in [0.25, 0.3) is 0 Å². The van der Waals surface area contributed by atoms with Gasteiger partial charge in [0.15, 0.2) is 5.13 Å². The molecule has 3 rings (SSSR count). The highest BCUT2D eigenvalue weighted by Gasteiger charge is 2.25. The molecule has 1 aliphatic heterocycles. The van der Waals surface area contributed by atoms with Crippen molar-refractivity contribution in [1.82, 2.24) is 15.2 Å². The van der Waals surface area contributed by atoms with E-state index in [1.165, 1.54) is 19.3 Å². The highest BCUT2D eigenvalue weighted by molar-refractivity contribution is 7.13. The van der Waals surface area contributed by atoms with Crippen LogP contribution in [0.1, 0.15) is 45.4 Å². The number of anilines is 1. The number of piperazine rings is 1. The Morgan fingerprint density at radius 1 is 1.35 bits per heavy atom. The molecule has 1 aromatic heterocycles. The summed E-state index contributed by atoms with van der Waals surface area (Å²) in [4.78, 5) is 21.3. The van der Waals surface area contributed by atoms with E-state index >= 15 is 0 Å². The Balaban J connectivity index is 1.39. The molecule has 0 bridgehead atoms. The summed E-state index contributed by atoms with van der Waals surface area (Å²) in [6.07, 6.45) is 8.68. The Labute approximate surface area is 143 Å². The van der Waals surface area contributed by atoms with Crippen molar-refractivity contribution in [3.05, 3.63) is 11.6 Å². The molecule has 0 aromatic carbocycles. The van der Waals surface area contributed by atoms with Gasteiger partial charge >= 0.3 is 0 Å². The van der Waals surface area contributed by atoms with Crippen LogP contribution >= 0.6 is 11.3 Å². The van der Waals surface area contributed by atoms with E-state index in [0.717, 1.165) is 44.2 Å². The summed E-state index contributed by atoms with van der Waals surface area (Å²) in [5.74, 6) is 0.229. The van der Waals surface area contributed by atoms with Gasteiger partial charge in [0, 0.05) is 56.3 Å². The predicted octanol–water partition coefficient (Wildman–Crippen LogP) is 2.49. The van der Waals surface area contributed by atoms with Crippen LogP contribution in [0, 0.1) is 0 Å². The van der Waals surface area contributed by atoms with Gasteiger partial charge in [0.05, 0.1) is 0 Å². The van der Waals surface area contributed by atoms with E-state index in [1.807, 2.05) is 11.6 Å². The molecule has 128 valence electrons. The zero-order chi connectivity index (χ0) is 16.1. The molecular formula is C17H28N4OS. The fraction of sp³-hybridized carbons (Fsp3) is 0.765. The second-order valence-electron chi connectivity index (χ2n) is 6.81. The number of amides is 1. The van der Waals surface area contributed by atoms with E-state index < -0.39 is 0 Å². The molecule has 2 fully saturated rings. The maximum Gasteiger partial charge on any atom is 0.221 e. The quantitative estimate of drug-likeness (QED) is 0.897. The smallest absolute Gasteiger partial charge is 0.221 e. The number of thiazole rings is 1. The number of carbonyl (C=O) groups is 1. The Kier molecular flexibility index (Phi) is 5.89. The molecule has 1 atom stereocenters. The van der Waals surface area contributed by atoms with Gasteiger partial charge in [-0.3, -0.25) is 9.69 Å². The molecular weight excluding hydrogens is 308 g/mol. The maximum absolute atomic E-state index is 12.1. The second-order valence-corrected chi connectivity index (χ2v) is 7.68. The van der Waals surface area contributed by atoms with E-state index in [9.17, 15) is 4.79 Å². The number of hydrogen-bond acceptors (Lipinski definition) is 5. The minimum atomic E-state index is 0.229. The molecule has 0 radical (unpaired) electrons. The zero-order valence-corrected chi connectivity index (χ0v) is 14.9. The third kappa shape index (κ3) is 4.67. The molecule has 2 heterocycles. The van der Waals surface area contributed by atoms with Gasteiger partial charge in [0.25, 0.3) is 0 Å². The van der Waals surface area contributed by atoms with E-state index in [-0.39, 0.29) is 5.91 Å². The fourth-order valence-electron chi connectivity index (χ4n) is 3.68. The van der Waals surface area contributed by atoms with Gasteiger partial charge in [-0.25, -0.2) is 4.98 Å². The van der Waals surface area contributed by atoms with Crippen molar-refractivity contribution in [2.75, 3.05) is 31.1 Å². The highest BCUT2D eigenvalue weighted by Crippen LogP contribution is 2.22. The first kappa shape index (κ1) is 16.7. The summed E-state index contributed by atoms with van der Waals surface area (Å²) in [6, 6.07) is 0.883. The fourth-order valence-corrected chi connectivity index (χ4v) is 4.46. The normalized spacial score (nSPS) is 23.9. The van der Waals surface area contributed by atoms with Gasteiger partial charge in [-0.15, -0.1) is 11.3 Å². The number of hydrogen-bond donors (Lipinski definition) is 1. The van der Waals surface area contributed by atoms with Crippen LogP contribution in [-0.2, 0) is 4.79 Å². The summed E-state index contributed by atoms with van der Waals surface area (Å²) in [5, 5.41) is 6.37. The molecule has 1 saturated carbocycles. The zero-order valence-electron chi connectivity index (χ0n) is 14.0. The standard InChI is InChI=1S/C17H28N4OS/c1-14-13-20(10-11-21(14)17-18-8-12-23-17)9-7-16(22)19-15-5-3-2-4-6-15/h8,12,14-15H,2-7,9-11,13H2,1H3,(H,19,22). The molecule has 1 unspecified atom stereocenters. The molecule has 1 N–H and O–H groups in total. The molecule has 0 spiro atoms. The molecule has 2 aliphatic rings. The van der Waals surface area contributed by atoms with Gasteiger partial charge in [0.2, 0.25) is 5.91 Å². The minimum Gasteiger partial charge on any atom is -0.353 e. The largest absolute Gasteiger partial charge is 0.353 e. The lowest BCUT2D eigenvalue weighted by atomic mass is 9.95. The van der Waals surface area contributed by atoms with Crippen LogP contribution in [0.3, 0.4) is 0 Å². The minimum absolute atomic E-state index is 0.229. The third-order valence-electron chi connectivity index (χ3n) is 5.00. The Bertz CT molecular complexity index is 487. The Morgan fingerprint density at radius 3 is 2.87 bits per heavy atom. The van der Waals surface area contributed by atoms with E-state index in [1.54, 1.807) is 11.3 Å². The molecule has 1 amide bonds. The number of carbonyl (C=O) groups excluding carboxylic acids is 1. The van der Waals surface area contributed by atoms with Crippen molar-refractivity contribution in [3.63, 3.8) is 0 Å². The topological polar surface area (TPSA) is 48.5 Å². The van der Waals surface area contributed by atoms with Crippen LogP contribution in [0.15, 0.2) is 11.6 Å². The van der Waals surface area contributed by atoms with Crippen molar-refractivity contribution in [2.24, 2.45) is 0 Å². The molecule has 5 nitrogen and oxygen atoms in total. The van der Waals surface area contributed by atoms with Crippen molar-refractivity contribution < 1.29 is 4.79 Å². The maximum atomic E-state index is 12.1. The Hall–Kier alpha value is -1.14. The average molecular weight is 337 g/mol. The highest BCUT2D eigenvalue weighted by atomic mass is 32.1. The number of aromatic nitrogens is 1. The first-order valence-electron chi connectivity index (χ1n) is 8.90. The lowest BCUT2D eigenvalue weighted by molar-refractivity contribution is -0.122. The first-order valence-corrected chi connectivity index (χ1v) is 9.78. The van der Waals surface area contributed by atoms with Gasteiger partial charge < -0.3 is 10.2 Å². The lowest BCUT2D eigenvalue weighted by Gasteiger charge is -2.39. The van der Waals surface area contributed by atoms with E-state index in [4.69, 9.17) is 0 Å². The molecule has 6 heteroatoms. The first-order chi connectivity index (χ1) is 11.2. The Morgan fingerprint density at radius 2 is 2.17 bits per heavy atom. The number of nitrogens with one attached hydrogen (secondary N) is 1. The van der Waals surface area contributed by atoms with Gasteiger partial charge in [0.1, 0.15) is 0 Å². The van der Waals surface area contributed by atoms with E-state index in [2.05, 4.69) is 27.0 Å². The lowest BCUT2D eigenvalue weighted by Crippen LogP contribution is -2.52. The van der Waals surface area contributed by atoms with Crippen LogP contribution in [0.2, 0.25) is 0 Å². The van der Waals surface area contributed by atoms with Gasteiger partial charge in [-0.1, -0.05) is 19.3 Å². The van der Waals surface area contributed by atoms with Gasteiger partial charge in [-0.2, -0.15) is 0 Å². The third-order valence-corrected chi connectivity index (χ3v) is 5.81. The van der Waals surface area contributed by atoms with Crippen molar-refractivity contribution in [2.45, 2.75) is 57.5 Å². The SMILES string of the molecule is CC1CN(CCC(=O)NC2CCCCC2)CCN1c1nccs1. The number of rotatable bonds is 5. The summed E-state index contributed by atoms with van der Waals surface area (Å²) in [5.41, 5.74) is 0. The van der Waals surface area contributed by atoms with E-state index in [0.29, 0.717) is 18.5 Å². The molecule has 1 saturated heterocycles. The van der Waals surface area contributed by atoms with Gasteiger partial charge in [-0.05, 0) is 19.8 Å². The number of nitrogens with zero attached hydrogens (tertiary/aromatic N) is 3. The summed E-state index contributed by atoms with van der Waals surface area (Å²) in [7, 11) is 0. The van der Waals surface area contributed by atoms with Crippen molar-refractivity contribution in [3.8, 4) is 0 Å². The molecule has 1 aromatic rings. The van der Waals surface area contributed by atoms with Crippen LogP contribution in [0.5, 0.6) is 0 Å². The summed E-state index contributed by atoms with van der Waals surface area (Å²) in [6.45, 7) is 6.14.